The third-order valence-corrected chi connectivity index (χ3v) is 3.34. The van der Waals surface area contributed by atoms with Gasteiger partial charge in [-0.2, -0.15) is 0 Å². The average Bonchev–Trinajstić information content (AvgIpc) is 2.27. The van der Waals surface area contributed by atoms with Crippen molar-refractivity contribution in [3.8, 4) is 0 Å². The molecule has 0 aliphatic heterocycles. The summed E-state index contributed by atoms with van der Waals surface area (Å²) in [6, 6.07) is 3.57. The summed E-state index contributed by atoms with van der Waals surface area (Å²) in [6.45, 7) is 1.98. The molecule has 5 N–H and O–H groups in total. The van der Waals surface area contributed by atoms with Crippen LogP contribution < -0.4 is 10.5 Å². The second-order valence-electron chi connectivity index (χ2n) is 4.12. The molecule has 0 spiro atoms. The van der Waals surface area contributed by atoms with Crippen LogP contribution in [0, 0.1) is 0 Å². The predicted molar refractivity (Wildman–Crippen MR) is 69.6 cm³/mol. The van der Waals surface area contributed by atoms with Gasteiger partial charge in [-0.25, -0.2) is 18.4 Å². The number of carboxylic acid groups (broad SMARTS) is 1. The van der Waals surface area contributed by atoms with E-state index in [0.29, 0.717) is 13.0 Å². The van der Waals surface area contributed by atoms with Crippen LogP contribution in [0.5, 0.6) is 0 Å². The van der Waals surface area contributed by atoms with Gasteiger partial charge in [-0.15, -0.1) is 0 Å². The highest BCUT2D eigenvalue weighted by atomic mass is 32.2. The van der Waals surface area contributed by atoms with Crippen LogP contribution in [0.4, 0.5) is 5.69 Å². The maximum Gasteiger partial charge on any atom is 0.337 e. The molecule has 1 aromatic rings. The summed E-state index contributed by atoms with van der Waals surface area (Å²) in [5.41, 5.74) is 0.0951. The maximum atomic E-state index is 11.2. The molecule has 0 bridgehead atoms. The first kappa shape index (κ1) is 15.4. The lowest BCUT2D eigenvalue weighted by Gasteiger charge is -2.11. The van der Waals surface area contributed by atoms with E-state index in [1.165, 1.54) is 12.1 Å². The van der Waals surface area contributed by atoms with Crippen LogP contribution >= 0.6 is 0 Å². The molecule has 0 aliphatic carbocycles. The molecule has 1 unspecified atom stereocenters. The number of sulfonamides is 1. The number of anilines is 1. The minimum Gasteiger partial charge on any atom is -0.478 e. The first-order chi connectivity index (χ1) is 8.71. The van der Waals surface area contributed by atoms with E-state index in [0.717, 1.165) is 6.07 Å². The third-order valence-electron chi connectivity index (χ3n) is 2.43. The number of hydrogen-bond donors (Lipinski definition) is 4. The monoisotopic (exact) mass is 288 g/mol. The molecule has 0 heterocycles. The Morgan fingerprint density at radius 3 is 2.58 bits per heavy atom. The van der Waals surface area contributed by atoms with E-state index < -0.39 is 22.1 Å². The Balaban J connectivity index is 3.02. The quantitative estimate of drug-likeness (QED) is 0.592. The summed E-state index contributed by atoms with van der Waals surface area (Å²) in [6.07, 6.45) is -0.0693. The van der Waals surface area contributed by atoms with Crippen molar-refractivity contribution in [1.29, 1.82) is 0 Å². The summed E-state index contributed by atoms with van der Waals surface area (Å²) < 4.78 is 22.3. The highest BCUT2D eigenvalue weighted by Crippen LogP contribution is 2.20. The number of benzene rings is 1. The van der Waals surface area contributed by atoms with Gasteiger partial charge >= 0.3 is 5.97 Å². The standard InChI is InChI=1S/C11H16N2O5S/c1-7(14)4-5-13-10-3-2-8(19(12,17)18)6-9(10)11(15)16/h2-3,6-7,13-14H,4-5H2,1H3,(H,15,16)(H2,12,17,18). The molecule has 1 atom stereocenters. The number of primary sulfonamides is 1. The maximum absolute atomic E-state index is 11.2. The number of hydrogen-bond acceptors (Lipinski definition) is 5. The Labute approximate surface area is 111 Å². The summed E-state index contributed by atoms with van der Waals surface area (Å²) in [5.74, 6) is -1.26. The minimum atomic E-state index is -3.94. The van der Waals surface area contributed by atoms with Crippen molar-refractivity contribution in [1.82, 2.24) is 0 Å². The molecule has 0 amide bonds. The third kappa shape index (κ3) is 4.51. The molecular weight excluding hydrogens is 272 g/mol. The number of rotatable bonds is 6. The van der Waals surface area contributed by atoms with Crippen LogP contribution in [0.3, 0.4) is 0 Å². The van der Waals surface area contributed by atoms with Crippen LogP contribution in [0.2, 0.25) is 0 Å². The molecule has 0 aromatic heterocycles. The van der Waals surface area contributed by atoms with Crippen molar-refractivity contribution in [2.45, 2.75) is 24.3 Å². The number of carboxylic acids is 1. The van der Waals surface area contributed by atoms with Crippen LogP contribution in [-0.2, 0) is 10.0 Å². The Morgan fingerprint density at radius 2 is 2.11 bits per heavy atom. The van der Waals surface area contributed by atoms with Gasteiger partial charge in [-0.1, -0.05) is 0 Å². The number of aromatic carboxylic acids is 1. The molecule has 1 rings (SSSR count). The van der Waals surface area contributed by atoms with Gasteiger partial charge in [0.15, 0.2) is 0 Å². The topological polar surface area (TPSA) is 130 Å². The molecule has 7 nitrogen and oxygen atoms in total. The Morgan fingerprint density at radius 1 is 1.47 bits per heavy atom. The van der Waals surface area contributed by atoms with Crippen molar-refractivity contribution in [2.24, 2.45) is 5.14 Å². The number of nitrogens with two attached hydrogens (primary N) is 1. The molecule has 106 valence electrons. The van der Waals surface area contributed by atoms with Crippen molar-refractivity contribution in [3.63, 3.8) is 0 Å². The fraction of sp³-hybridized carbons (Fsp3) is 0.364. The van der Waals surface area contributed by atoms with Gasteiger partial charge in [-0.05, 0) is 31.5 Å². The van der Waals surface area contributed by atoms with Crippen molar-refractivity contribution in [2.75, 3.05) is 11.9 Å². The fourth-order valence-corrected chi connectivity index (χ4v) is 1.99. The summed E-state index contributed by atoms with van der Waals surface area (Å²) >= 11 is 0. The van der Waals surface area contributed by atoms with E-state index >= 15 is 0 Å². The second-order valence-corrected chi connectivity index (χ2v) is 5.68. The Kier molecular flexibility index (Phi) is 4.87. The second kappa shape index (κ2) is 6.00. The highest BCUT2D eigenvalue weighted by Gasteiger charge is 2.15. The number of carbonyl (C=O) groups is 1. The summed E-state index contributed by atoms with van der Waals surface area (Å²) in [5, 5.41) is 25.9. The molecule has 1 aromatic carbocycles. The number of nitrogens with one attached hydrogen (secondary N) is 1. The van der Waals surface area contributed by atoms with Crippen LogP contribution in [-0.4, -0.2) is 37.2 Å². The zero-order valence-electron chi connectivity index (χ0n) is 10.3. The van der Waals surface area contributed by atoms with Gasteiger partial charge in [0.05, 0.1) is 16.6 Å². The smallest absolute Gasteiger partial charge is 0.337 e. The van der Waals surface area contributed by atoms with Gasteiger partial charge in [0.25, 0.3) is 0 Å². The molecule has 19 heavy (non-hydrogen) atoms. The van der Waals surface area contributed by atoms with Gasteiger partial charge in [0.2, 0.25) is 10.0 Å². The number of aliphatic hydroxyl groups excluding tert-OH is 1. The molecule has 0 aliphatic rings. The first-order valence-corrected chi connectivity index (χ1v) is 7.08. The number of aliphatic hydroxyl groups is 1. The van der Waals surface area contributed by atoms with Gasteiger partial charge in [0.1, 0.15) is 0 Å². The van der Waals surface area contributed by atoms with Crippen molar-refractivity contribution < 1.29 is 23.4 Å². The molecule has 0 radical (unpaired) electrons. The van der Waals surface area contributed by atoms with Gasteiger partial charge in [-0.3, -0.25) is 0 Å². The Bertz CT molecular complexity index is 568. The first-order valence-electron chi connectivity index (χ1n) is 5.54. The van der Waals surface area contributed by atoms with Gasteiger partial charge in [0, 0.05) is 12.2 Å². The van der Waals surface area contributed by atoms with E-state index in [2.05, 4.69) is 5.32 Å². The van der Waals surface area contributed by atoms with Crippen LogP contribution in [0.15, 0.2) is 23.1 Å². The SMILES string of the molecule is CC(O)CCNc1ccc(S(N)(=O)=O)cc1C(=O)O. The largest absolute Gasteiger partial charge is 0.478 e. The van der Waals surface area contributed by atoms with Crippen LogP contribution in [0.1, 0.15) is 23.7 Å². The zero-order valence-corrected chi connectivity index (χ0v) is 11.1. The Hall–Kier alpha value is -1.64. The van der Waals surface area contributed by atoms with E-state index in [-0.39, 0.29) is 16.1 Å². The lowest BCUT2D eigenvalue weighted by atomic mass is 10.1. The lowest BCUT2D eigenvalue weighted by molar-refractivity contribution is 0.0697. The average molecular weight is 288 g/mol. The molecule has 8 heteroatoms. The van der Waals surface area contributed by atoms with Crippen molar-refractivity contribution >= 4 is 21.7 Å². The van der Waals surface area contributed by atoms with E-state index in [1.807, 2.05) is 0 Å². The highest BCUT2D eigenvalue weighted by molar-refractivity contribution is 7.89. The van der Waals surface area contributed by atoms with Crippen LogP contribution in [0.25, 0.3) is 0 Å². The lowest BCUT2D eigenvalue weighted by Crippen LogP contribution is -2.15. The predicted octanol–water partition coefficient (Wildman–Crippen LogP) is 0.215. The molecular formula is C11H16N2O5S. The van der Waals surface area contributed by atoms with Crippen molar-refractivity contribution in [3.05, 3.63) is 23.8 Å². The summed E-state index contributed by atoms with van der Waals surface area (Å²) in [7, 11) is -3.94. The van der Waals surface area contributed by atoms with Gasteiger partial charge < -0.3 is 15.5 Å². The van der Waals surface area contributed by atoms with E-state index in [1.54, 1.807) is 6.92 Å². The fourth-order valence-electron chi connectivity index (χ4n) is 1.45. The van der Waals surface area contributed by atoms with E-state index in [4.69, 9.17) is 15.4 Å². The normalized spacial score (nSPS) is 13.0. The van der Waals surface area contributed by atoms with E-state index in [9.17, 15) is 13.2 Å². The zero-order chi connectivity index (χ0) is 14.6. The summed E-state index contributed by atoms with van der Waals surface area (Å²) in [4.78, 5) is 10.8. The molecule has 0 fully saturated rings. The molecule has 0 saturated heterocycles. The minimum absolute atomic E-state index is 0.183. The molecule has 0 saturated carbocycles.